The van der Waals surface area contributed by atoms with Crippen molar-refractivity contribution in [1.82, 2.24) is 4.31 Å². The summed E-state index contributed by atoms with van der Waals surface area (Å²) in [6.07, 6.45) is 0.566. The summed E-state index contributed by atoms with van der Waals surface area (Å²) >= 11 is 0. The quantitative estimate of drug-likeness (QED) is 0.689. The van der Waals surface area contributed by atoms with E-state index in [0.29, 0.717) is 6.42 Å². The molecule has 1 aliphatic heterocycles. The molecule has 1 saturated heterocycles. The number of sulfonamides is 1. The van der Waals surface area contributed by atoms with Gasteiger partial charge in [-0.05, 0) is 6.42 Å². The van der Waals surface area contributed by atoms with Crippen LogP contribution in [0.3, 0.4) is 0 Å². The van der Waals surface area contributed by atoms with Gasteiger partial charge < -0.3 is 5.11 Å². The van der Waals surface area contributed by atoms with Crippen LogP contribution in [0.2, 0.25) is 0 Å². The highest BCUT2D eigenvalue weighted by atomic mass is 32.2. The Bertz CT molecular complexity index is 292. The summed E-state index contributed by atoms with van der Waals surface area (Å²) in [7, 11) is -3.17. The zero-order valence-electron chi connectivity index (χ0n) is 7.43. The molecule has 13 heavy (non-hydrogen) atoms. The maximum Gasteiger partial charge on any atom is 0.309 e. The third-order valence-electron chi connectivity index (χ3n) is 2.05. The first-order valence-corrected chi connectivity index (χ1v) is 5.79. The summed E-state index contributed by atoms with van der Waals surface area (Å²) in [5.74, 6) is -1.31. The van der Waals surface area contributed by atoms with E-state index in [9.17, 15) is 13.2 Å². The van der Waals surface area contributed by atoms with E-state index >= 15 is 0 Å². The van der Waals surface area contributed by atoms with E-state index in [1.165, 1.54) is 4.31 Å². The molecule has 1 heterocycles. The summed E-state index contributed by atoms with van der Waals surface area (Å²) < 4.78 is 23.9. The number of carboxylic acids is 1. The highest BCUT2D eigenvalue weighted by Gasteiger charge is 2.38. The van der Waals surface area contributed by atoms with Gasteiger partial charge in [0.15, 0.2) is 0 Å². The van der Waals surface area contributed by atoms with E-state index in [1.54, 1.807) is 6.92 Å². The Morgan fingerprint density at radius 2 is 2.08 bits per heavy atom. The van der Waals surface area contributed by atoms with Gasteiger partial charge in [0.2, 0.25) is 10.0 Å². The second kappa shape index (κ2) is 3.63. The normalized spacial score (nSPS) is 19.8. The Hall–Kier alpha value is -0.620. The molecule has 0 aromatic rings. The molecule has 0 unspecified atom stereocenters. The number of hydrogen-bond donors (Lipinski definition) is 1. The predicted molar refractivity (Wildman–Crippen MR) is 46.8 cm³/mol. The van der Waals surface area contributed by atoms with Crippen molar-refractivity contribution in [3.63, 3.8) is 0 Å². The fourth-order valence-electron chi connectivity index (χ4n) is 1.21. The lowest BCUT2D eigenvalue weighted by Crippen LogP contribution is -2.53. The number of aliphatic carboxylic acids is 1. The molecule has 1 N–H and O–H groups in total. The van der Waals surface area contributed by atoms with Gasteiger partial charge in [-0.25, -0.2) is 12.7 Å². The standard InChI is InChI=1S/C7H13NO4S/c1-2-3-13(11,12)8-4-6(5-8)7(9)10/h6H,2-5H2,1H3,(H,9,10). The van der Waals surface area contributed by atoms with E-state index in [4.69, 9.17) is 5.11 Å². The molecule has 1 rings (SSSR count). The van der Waals surface area contributed by atoms with Crippen LogP contribution < -0.4 is 0 Å². The molecular formula is C7H13NO4S. The van der Waals surface area contributed by atoms with Crippen LogP contribution >= 0.6 is 0 Å². The third kappa shape index (κ3) is 2.19. The molecule has 0 amide bonds. The maximum absolute atomic E-state index is 11.3. The van der Waals surface area contributed by atoms with Gasteiger partial charge in [-0.15, -0.1) is 0 Å². The lowest BCUT2D eigenvalue weighted by molar-refractivity contribution is -0.145. The number of nitrogens with zero attached hydrogens (tertiary/aromatic N) is 1. The number of hydrogen-bond acceptors (Lipinski definition) is 3. The van der Waals surface area contributed by atoms with Crippen molar-refractivity contribution in [3.8, 4) is 0 Å². The number of carboxylic acid groups (broad SMARTS) is 1. The van der Waals surface area contributed by atoms with Crippen LogP contribution in [0, 0.1) is 5.92 Å². The third-order valence-corrected chi connectivity index (χ3v) is 4.06. The van der Waals surface area contributed by atoms with E-state index in [2.05, 4.69) is 0 Å². The van der Waals surface area contributed by atoms with Crippen LogP contribution in [-0.2, 0) is 14.8 Å². The van der Waals surface area contributed by atoms with Gasteiger partial charge in [0.05, 0.1) is 11.7 Å². The Morgan fingerprint density at radius 1 is 1.54 bits per heavy atom. The first kappa shape index (κ1) is 10.5. The predicted octanol–water partition coefficient (Wildman–Crippen LogP) is -0.257. The average Bonchev–Trinajstić information content (AvgIpc) is 1.79. The van der Waals surface area contributed by atoms with Crippen molar-refractivity contribution in [1.29, 1.82) is 0 Å². The molecule has 1 aliphatic rings. The van der Waals surface area contributed by atoms with Gasteiger partial charge >= 0.3 is 5.97 Å². The summed E-state index contributed by atoms with van der Waals surface area (Å²) in [5.41, 5.74) is 0. The van der Waals surface area contributed by atoms with Crippen molar-refractivity contribution < 1.29 is 18.3 Å². The van der Waals surface area contributed by atoms with Crippen LogP contribution in [-0.4, -0.2) is 42.6 Å². The maximum atomic E-state index is 11.3. The van der Waals surface area contributed by atoms with Gasteiger partial charge in [-0.1, -0.05) is 6.92 Å². The molecule has 6 heteroatoms. The van der Waals surface area contributed by atoms with Crippen molar-refractivity contribution in [2.45, 2.75) is 13.3 Å². The van der Waals surface area contributed by atoms with Crippen molar-refractivity contribution in [2.75, 3.05) is 18.8 Å². The van der Waals surface area contributed by atoms with Gasteiger partial charge in [-0.3, -0.25) is 4.79 Å². The molecule has 0 aliphatic carbocycles. The molecule has 0 aromatic heterocycles. The average molecular weight is 207 g/mol. The second-order valence-corrected chi connectivity index (χ2v) is 5.26. The second-order valence-electron chi connectivity index (χ2n) is 3.17. The lowest BCUT2D eigenvalue weighted by atomic mass is 10.0. The molecule has 0 saturated carbocycles. The number of rotatable bonds is 4. The summed E-state index contributed by atoms with van der Waals surface area (Å²) in [6, 6.07) is 0. The molecule has 76 valence electrons. The van der Waals surface area contributed by atoms with E-state index < -0.39 is 21.9 Å². The van der Waals surface area contributed by atoms with Crippen LogP contribution in [0.1, 0.15) is 13.3 Å². The first-order valence-electron chi connectivity index (χ1n) is 4.18. The Balaban J connectivity index is 2.47. The van der Waals surface area contributed by atoms with Gasteiger partial charge in [0.1, 0.15) is 0 Å². The SMILES string of the molecule is CCCS(=O)(=O)N1CC(C(=O)O)C1. The molecule has 0 atom stereocenters. The smallest absolute Gasteiger partial charge is 0.309 e. The topological polar surface area (TPSA) is 74.7 Å². The van der Waals surface area contributed by atoms with Gasteiger partial charge in [-0.2, -0.15) is 0 Å². The summed E-state index contributed by atoms with van der Waals surface area (Å²) in [6.45, 7) is 2.06. The minimum Gasteiger partial charge on any atom is -0.481 e. The monoisotopic (exact) mass is 207 g/mol. The van der Waals surface area contributed by atoms with Crippen molar-refractivity contribution >= 4 is 16.0 Å². The minimum absolute atomic E-state index is 0.110. The van der Waals surface area contributed by atoms with Gasteiger partial charge in [0.25, 0.3) is 0 Å². The van der Waals surface area contributed by atoms with E-state index in [0.717, 1.165) is 0 Å². The zero-order valence-corrected chi connectivity index (χ0v) is 8.25. The van der Waals surface area contributed by atoms with Crippen molar-refractivity contribution in [3.05, 3.63) is 0 Å². The number of carbonyl (C=O) groups is 1. The summed E-state index contributed by atoms with van der Waals surface area (Å²) in [4.78, 5) is 10.4. The van der Waals surface area contributed by atoms with Gasteiger partial charge in [0, 0.05) is 13.1 Å². The van der Waals surface area contributed by atoms with E-state index in [1.807, 2.05) is 0 Å². The molecule has 0 radical (unpaired) electrons. The highest BCUT2D eigenvalue weighted by Crippen LogP contribution is 2.20. The lowest BCUT2D eigenvalue weighted by Gasteiger charge is -2.35. The largest absolute Gasteiger partial charge is 0.481 e. The van der Waals surface area contributed by atoms with Crippen LogP contribution in [0.25, 0.3) is 0 Å². The zero-order chi connectivity index (χ0) is 10.1. The molecular weight excluding hydrogens is 194 g/mol. The first-order chi connectivity index (χ1) is 5.97. The fourth-order valence-corrected chi connectivity index (χ4v) is 2.80. The molecule has 0 spiro atoms. The molecule has 0 aromatic carbocycles. The molecule has 5 nitrogen and oxygen atoms in total. The van der Waals surface area contributed by atoms with Crippen molar-refractivity contribution in [2.24, 2.45) is 5.92 Å². The minimum atomic E-state index is -3.17. The fraction of sp³-hybridized carbons (Fsp3) is 0.857. The Morgan fingerprint density at radius 3 is 2.46 bits per heavy atom. The molecule has 0 bridgehead atoms. The van der Waals surface area contributed by atoms with E-state index in [-0.39, 0.29) is 18.8 Å². The Kier molecular flexibility index (Phi) is 2.92. The van der Waals surface area contributed by atoms with Crippen LogP contribution in [0.15, 0.2) is 0 Å². The molecule has 1 fully saturated rings. The summed E-state index contributed by atoms with van der Waals surface area (Å²) in [5, 5.41) is 8.53. The highest BCUT2D eigenvalue weighted by molar-refractivity contribution is 7.89. The Labute approximate surface area is 77.4 Å². The van der Waals surface area contributed by atoms with Crippen LogP contribution in [0.5, 0.6) is 0 Å². The van der Waals surface area contributed by atoms with Crippen LogP contribution in [0.4, 0.5) is 0 Å².